The van der Waals surface area contributed by atoms with E-state index in [0.717, 1.165) is 11.4 Å². The van der Waals surface area contributed by atoms with E-state index in [1.54, 1.807) is 48.5 Å². The molecule has 0 unspecified atom stereocenters. The van der Waals surface area contributed by atoms with Gasteiger partial charge in [-0.2, -0.15) is 0 Å². The highest BCUT2D eigenvalue weighted by molar-refractivity contribution is 7.99. The number of carbonyl (C=O) groups excluding carboxylic acids is 2. The van der Waals surface area contributed by atoms with Crippen molar-refractivity contribution in [3.63, 3.8) is 0 Å². The highest BCUT2D eigenvalue weighted by Gasteiger charge is 2.17. The van der Waals surface area contributed by atoms with Gasteiger partial charge >= 0.3 is 0 Å². The van der Waals surface area contributed by atoms with Gasteiger partial charge in [-0.05, 0) is 79.7 Å². The third-order valence-corrected chi connectivity index (χ3v) is 6.25. The van der Waals surface area contributed by atoms with Crippen LogP contribution in [0.1, 0.15) is 23.1 Å². The molecule has 0 fully saturated rings. The van der Waals surface area contributed by atoms with E-state index in [-0.39, 0.29) is 18.3 Å². The number of rotatable bonds is 11. The summed E-state index contributed by atoms with van der Waals surface area (Å²) < 4.78 is 13.3. The summed E-state index contributed by atoms with van der Waals surface area (Å²) in [5.41, 5.74) is 6.98. The molecule has 9 nitrogen and oxygen atoms in total. The van der Waals surface area contributed by atoms with E-state index >= 15 is 0 Å². The molecule has 0 aliphatic rings. The zero-order valence-electron chi connectivity index (χ0n) is 19.9. The molecule has 1 aromatic heterocycles. The summed E-state index contributed by atoms with van der Waals surface area (Å²) >= 11 is 7.19. The first-order valence-electron chi connectivity index (χ1n) is 11.3. The summed E-state index contributed by atoms with van der Waals surface area (Å²) in [7, 11) is 0. The quantitative estimate of drug-likeness (QED) is 0.265. The maximum Gasteiger partial charge on any atom is 0.248 e. The van der Waals surface area contributed by atoms with E-state index in [1.165, 1.54) is 11.8 Å². The van der Waals surface area contributed by atoms with E-state index in [0.29, 0.717) is 39.6 Å². The summed E-state index contributed by atoms with van der Waals surface area (Å²) in [6, 6.07) is 20.9. The molecule has 0 bridgehead atoms. The molecule has 11 heteroatoms. The molecule has 3 aromatic carbocycles. The number of carbonyl (C=O) groups is 2. The van der Waals surface area contributed by atoms with Crippen molar-refractivity contribution in [3.8, 4) is 17.2 Å². The number of aromatic nitrogens is 3. The fraction of sp³-hybridized carbons (Fsp3) is 0.154. The third-order valence-electron chi connectivity index (χ3n) is 5.07. The van der Waals surface area contributed by atoms with Crippen molar-refractivity contribution < 1.29 is 19.1 Å². The summed E-state index contributed by atoms with van der Waals surface area (Å²) in [6.07, 6.45) is 0. The molecule has 190 valence electrons. The summed E-state index contributed by atoms with van der Waals surface area (Å²) in [4.78, 5) is 23.8. The zero-order valence-corrected chi connectivity index (χ0v) is 21.5. The van der Waals surface area contributed by atoms with Gasteiger partial charge < -0.3 is 20.5 Å². The second kappa shape index (κ2) is 12.3. The Labute approximate surface area is 222 Å². The van der Waals surface area contributed by atoms with Crippen LogP contribution in [-0.2, 0) is 11.4 Å². The number of hydrogen-bond donors (Lipinski definition) is 2. The lowest BCUT2D eigenvalue weighted by Gasteiger charge is -2.12. The van der Waals surface area contributed by atoms with Crippen LogP contribution in [0.15, 0.2) is 78.0 Å². The number of ether oxygens (including phenoxy) is 2. The molecule has 0 saturated carbocycles. The Morgan fingerprint density at radius 2 is 1.59 bits per heavy atom. The summed E-state index contributed by atoms with van der Waals surface area (Å²) in [5, 5.41) is 12.5. The average molecular weight is 538 g/mol. The molecule has 3 N–H and O–H groups in total. The lowest BCUT2D eigenvalue weighted by molar-refractivity contribution is -0.113. The van der Waals surface area contributed by atoms with Crippen LogP contribution in [0.3, 0.4) is 0 Å². The molecule has 2 amide bonds. The van der Waals surface area contributed by atoms with Crippen LogP contribution in [0, 0.1) is 0 Å². The minimum absolute atomic E-state index is 0.0881. The largest absolute Gasteiger partial charge is 0.494 e. The maximum absolute atomic E-state index is 12.6. The molecular formula is C26H24ClN5O4S. The van der Waals surface area contributed by atoms with E-state index in [1.807, 2.05) is 35.8 Å². The summed E-state index contributed by atoms with van der Waals surface area (Å²) in [5.74, 6) is 1.26. The van der Waals surface area contributed by atoms with Crippen LogP contribution in [0.5, 0.6) is 11.5 Å². The molecule has 37 heavy (non-hydrogen) atoms. The third kappa shape index (κ3) is 7.02. The van der Waals surface area contributed by atoms with E-state index in [9.17, 15) is 9.59 Å². The van der Waals surface area contributed by atoms with Crippen LogP contribution in [0.25, 0.3) is 5.69 Å². The van der Waals surface area contributed by atoms with Crippen molar-refractivity contribution in [3.05, 3.63) is 89.2 Å². The van der Waals surface area contributed by atoms with E-state index in [2.05, 4.69) is 15.5 Å². The highest BCUT2D eigenvalue weighted by Crippen LogP contribution is 2.25. The van der Waals surface area contributed by atoms with Crippen LogP contribution >= 0.6 is 23.4 Å². The topological polar surface area (TPSA) is 121 Å². The number of nitrogens with one attached hydrogen (secondary N) is 1. The fourth-order valence-corrected chi connectivity index (χ4v) is 4.23. The number of primary amides is 1. The van der Waals surface area contributed by atoms with Crippen LogP contribution in [-0.4, -0.2) is 38.9 Å². The van der Waals surface area contributed by atoms with Crippen molar-refractivity contribution in [2.45, 2.75) is 18.7 Å². The molecule has 0 spiro atoms. The van der Waals surface area contributed by atoms with Crippen LogP contribution in [0.2, 0.25) is 5.02 Å². The molecular weight excluding hydrogens is 514 g/mol. The molecule has 0 radical (unpaired) electrons. The average Bonchev–Trinajstić information content (AvgIpc) is 3.31. The van der Waals surface area contributed by atoms with Crippen molar-refractivity contribution in [1.82, 2.24) is 14.8 Å². The van der Waals surface area contributed by atoms with Gasteiger partial charge in [0, 0.05) is 22.0 Å². The number of nitrogens with two attached hydrogens (primary N) is 1. The smallest absolute Gasteiger partial charge is 0.248 e. The number of halogens is 1. The van der Waals surface area contributed by atoms with Crippen LogP contribution < -0.4 is 20.5 Å². The number of thioether (sulfide) groups is 1. The first kappa shape index (κ1) is 26.1. The molecule has 0 atom stereocenters. The monoisotopic (exact) mass is 537 g/mol. The second-order valence-electron chi connectivity index (χ2n) is 7.68. The van der Waals surface area contributed by atoms with Crippen molar-refractivity contribution >= 4 is 40.9 Å². The number of anilines is 1. The Morgan fingerprint density at radius 3 is 2.24 bits per heavy atom. The van der Waals surface area contributed by atoms with Gasteiger partial charge in [-0.3, -0.25) is 14.2 Å². The van der Waals surface area contributed by atoms with Gasteiger partial charge in [-0.15, -0.1) is 10.2 Å². The van der Waals surface area contributed by atoms with Gasteiger partial charge in [0.15, 0.2) is 11.0 Å². The van der Waals surface area contributed by atoms with Gasteiger partial charge in [0.25, 0.3) is 0 Å². The number of benzene rings is 3. The highest BCUT2D eigenvalue weighted by atomic mass is 35.5. The van der Waals surface area contributed by atoms with Crippen LogP contribution in [0.4, 0.5) is 5.69 Å². The first-order chi connectivity index (χ1) is 17.9. The minimum Gasteiger partial charge on any atom is -0.494 e. The van der Waals surface area contributed by atoms with Gasteiger partial charge in [0.05, 0.1) is 12.4 Å². The first-order valence-corrected chi connectivity index (χ1v) is 12.7. The van der Waals surface area contributed by atoms with Crippen molar-refractivity contribution in [1.29, 1.82) is 0 Å². The Kier molecular flexibility index (Phi) is 8.65. The summed E-state index contributed by atoms with van der Waals surface area (Å²) in [6.45, 7) is 2.64. The Morgan fingerprint density at radius 1 is 0.946 bits per heavy atom. The normalized spacial score (nSPS) is 10.6. The second-order valence-corrected chi connectivity index (χ2v) is 9.06. The predicted octanol–water partition coefficient (Wildman–Crippen LogP) is 4.73. The van der Waals surface area contributed by atoms with Gasteiger partial charge in [-0.1, -0.05) is 23.4 Å². The predicted molar refractivity (Wildman–Crippen MR) is 143 cm³/mol. The molecule has 4 aromatic rings. The van der Waals surface area contributed by atoms with Gasteiger partial charge in [0.1, 0.15) is 18.1 Å². The molecule has 0 saturated heterocycles. The molecule has 1 heterocycles. The standard InChI is InChI=1S/C26H24ClN5O4S/c1-2-35-21-13-9-20(10-14-21)32-23(15-36-22-11-5-18(27)6-12-22)30-31-26(32)37-16-24(33)29-19-7-3-17(4-8-19)25(28)34/h3-14H,2,15-16H2,1H3,(H2,28,34)(H,29,33). The molecule has 0 aliphatic carbocycles. The molecule has 0 aliphatic heterocycles. The fourth-order valence-electron chi connectivity index (χ4n) is 3.33. The van der Waals surface area contributed by atoms with E-state index in [4.69, 9.17) is 26.8 Å². The van der Waals surface area contributed by atoms with Crippen molar-refractivity contribution in [2.75, 3.05) is 17.7 Å². The van der Waals surface area contributed by atoms with Gasteiger partial charge in [-0.25, -0.2) is 0 Å². The zero-order chi connectivity index (χ0) is 26.2. The maximum atomic E-state index is 12.6. The molecule has 4 rings (SSSR count). The Bertz CT molecular complexity index is 1360. The Balaban J connectivity index is 1.49. The van der Waals surface area contributed by atoms with Crippen molar-refractivity contribution in [2.24, 2.45) is 5.73 Å². The number of hydrogen-bond acceptors (Lipinski definition) is 7. The van der Waals surface area contributed by atoms with E-state index < -0.39 is 5.91 Å². The SMILES string of the molecule is CCOc1ccc(-n2c(COc3ccc(Cl)cc3)nnc2SCC(=O)Nc2ccc(C(N)=O)cc2)cc1. The Hall–Kier alpha value is -4.02. The number of nitrogens with zero attached hydrogens (tertiary/aromatic N) is 3. The lowest BCUT2D eigenvalue weighted by Crippen LogP contribution is -2.15. The number of amides is 2. The van der Waals surface area contributed by atoms with Gasteiger partial charge in [0.2, 0.25) is 11.8 Å². The minimum atomic E-state index is -0.530. The lowest BCUT2D eigenvalue weighted by atomic mass is 10.2.